The molecule has 0 amide bonds. The minimum atomic E-state index is -0.135. The predicted octanol–water partition coefficient (Wildman–Crippen LogP) is 2.47. The zero-order chi connectivity index (χ0) is 12.6. The normalized spacial score (nSPS) is 10.9. The molecule has 0 fully saturated rings. The molecule has 0 bridgehead atoms. The quantitative estimate of drug-likeness (QED) is 0.471. The second kappa shape index (κ2) is 8.34. The summed E-state index contributed by atoms with van der Waals surface area (Å²) in [5, 5.41) is 0. The Kier molecular flexibility index (Phi) is 7.90. The topological polar surface area (TPSA) is 29.5 Å². The van der Waals surface area contributed by atoms with Gasteiger partial charge in [0.25, 0.3) is 0 Å². The SMILES string of the molecule is C=C(C)CCN(CCC(=O)OC)CC(C)C. The van der Waals surface area contributed by atoms with Gasteiger partial charge in [-0.05, 0) is 19.3 Å². The molecule has 0 aliphatic heterocycles. The van der Waals surface area contributed by atoms with Gasteiger partial charge in [-0.1, -0.05) is 19.4 Å². The first-order valence-electron chi connectivity index (χ1n) is 5.89. The van der Waals surface area contributed by atoms with Crippen molar-refractivity contribution in [3.63, 3.8) is 0 Å². The first kappa shape index (κ1) is 15.2. The van der Waals surface area contributed by atoms with Crippen molar-refractivity contribution < 1.29 is 9.53 Å². The molecule has 0 aliphatic rings. The maximum absolute atomic E-state index is 11.1. The van der Waals surface area contributed by atoms with Crippen molar-refractivity contribution in [2.45, 2.75) is 33.6 Å². The summed E-state index contributed by atoms with van der Waals surface area (Å²) in [7, 11) is 1.43. The van der Waals surface area contributed by atoms with E-state index in [0.717, 1.165) is 26.1 Å². The van der Waals surface area contributed by atoms with Crippen molar-refractivity contribution in [2.75, 3.05) is 26.7 Å². The van der Waals surface area contributed by atoms with Gasteiger partial charge in [-0.3, -0.25) is 4.79 Å². The fourth-order valence-corrected chi connectivity index (χ4v) is 1.51. The Morgan fingerprint density at radius 1 is 1.31 bits per heavy atom. The molecule has 94 valence electrons. The third-order valence-corrected chi connectivity index (χ3v) is 2.34. The minimum absolute atomic E-state index is 0.135. The Morgan fingerprint density at radius 3 is 2.31 bits per heavy atom. The molecule has 0 aromatic heterocycles. The molecule has 3 heteroatoms. The largest absolute Gasteiger partial charge is 0.469 e. The van der Waals surface area contributed by atoms with Crippen LogP contribution in [0.3, 0.4) is 0 Å². The van der Waals surface area contributed by atoms with Crippen LogP contribution in [-0.2, 0) is 9.53 Å². The maximum atomic E-state index is 11.1. The van der Waals surface area contributed by atoms with E-state index in [1.165, 1.54) is 12.7 Å². The van der Waals surface area contributed by atoms with Crippen LogP contribution in [0, 0.1) is 5.92 Å². The van der Waals surface area contributed by atoms with Gasteiger partial charge < -0.3 is 9.64 Å². The van der Waals surface area contributed by atoms with Gasteiger partial charge in [0, 0.05) is 19.6 Å². The zero-order valence-electron chi connectivity index (χ0n) is 11.1. The van der Waals surface area contributed by atoms with Crippen molar-refractivity contribution in [2.24, 2.45) is 5.92 Å². The smallest absolute Gasteiger partial charge is 0.306 e. The lowest BCUT2D eigenvalue weighted by Gasteiger charge is -2.23. The highest BCUT2D eigenvalue weighted by Crippen LogP contribution is 2.05. The molecular formula is C13H25NO2. The molecule has 0 saturated heterocycles. The summed E-state index contributed by atoms with van der Waals surface area (Å²) < 4.78 is 4.65. The molecule has 0 spiro atoms. The van der Waals surface area contributed by atoms with E-state index in [2.05, 4.69) is 30.1 Å². The molecule has 0 saturated carbocycles. The highest BCUT2D eigenvalue weighted by Gasteiger charge is 2.09. The van der Waals surface area contributed by atoms with Crippen LogP contribution in [-0.4, -0.2) is 37.6 Å². The van der Waals surface area contributed by atoms with Crippen LogP contribution in [0.1, 0.15) is 33.6 Å². The first-order chi connectivity index (χ1) is 7.45. The highest BCUT2D eigenvalue weighted by atomic mass is 16.5. The molecule has 0 N–H and O–H groups in total. The summed E-state index contributed by atoms with van der Waals surface area (Å²) in [6, 6.07) is 0. The first-order valence-corrected chi connectivity index (χ1v) is 5.89. The van der Waals surface area contributed by atoms with Gasteiger partial charge in [0.15, 0.2) is 0 Å². The Hall–Kier alpha value is -0.830. The predicted molar refractivity (Wildman–Crippen MR) is 67.3 cm³/mol. The Bertz CT molecular complexity index is 224. The number of carbonyl (C=O) groups excluding carboxylic acids is 1. The van der Waals surface area contributed by atoms with E-state index in [-0.39, 0.29) is 5.97 Å². The van der Waals surface area contributed by atoms with E-state index in [1.54, 1.807) is 0 Å². The van der Waals surface area contributed by atoms with Gasteiger partial charge in [0.2, 0.25) is 0 Å². The van der Waals surface area contributed by atoms with Crippen LogP contribution >= 0.6 is 0 Å². The zero-order valence-corrected chi connectivity index (χ0v) is 11.1. The van der Waals surface area contributed by atoms with E-state index >= 15 is 0 Å². The monoisotopic (exact) mass is 227 g/mol. The highest BCUT2D eigenvalue weighted by molar-refractivity contribution is 5.69. The van der Waals surface area contributed by atoms with E-state index in [1.807, 2.05) is 6.92 Å². The average Bonchev–Trinajstić information content (AvgIpc) is 2.20. The lowest BCUT2D eigenvalue weighted by atomic mass is 10.1. The van der Waals surface area contributed by atoms with Gasteiger partial charge in [-0.15, -0.1) is 6.58 Å². The molecular weight excluding hydrogens is 202 g/mol. The molecule has 0 aromatic rings. The average molecular weight is 227 g/mol. The summed E-state index contributed by atoms with van der Waals surface area (Å²) in [6.07, 6.45) is 1.47. The van der Waals surface area contributed by atoms with E-state index in [4.69, 9.17) is 0 Å². The van der Waals surface area contributed by atoms with Gasteiger partial charge in [0.05, 0.1) is 13.5 Å². The molecule has 0 atom stereocenters. The summed E-state index contributed by atoms with van der Waals surface area (Å²) in [4.78, 5) is 13.4. The fourth-order valence-electron chi connectivity index (χ4n) is 1.51. The van der Waals surface area contributed by atoms with Crippen molar-refractivity contribution in [3.8, 4) is 0 Å². The number of nitrogens with zero attached hydrogens (tertiary/aromatic N) is 1. The van der Waals surface area contributed by atoms with Gasteiger partial charge in [-0.2, -0.15) is 0 Å². The van der Waals surface area contributed by atoms with Gasteiger partial charge in [-0.25, -0.2) is 0 Å². The lowest BCUT2D eigenvalue weighted by molar-refractivity contribution is -0.141. The van der Waals surface area contributed by atoms with Crippen LogP contribution in [0.25, 0.3) is 0 Å². The number of hydrogen-bond acceptors (Lipinski definition) is 3. The minimum Gasteiger partial charge on any atom is -0.469 e. The number of methoxy groups -OCH3 is 1. The number of carbonyl (C=O) groups is 1. The fraction of sp³-hybridized carbons (Fsp3) is 0.769. The second-order valence-corrected chi connectivity index (χ2v) is 4.73. The van der Waals surface area contributed by atoms with E-state index < -0.39 is 0 Å². The Labute approximate surface area is 99.5 Å². The summed E-state index contributed by atoms with van der Waals surface area (Å²) in [6.45, 7) is 13.1. The van der Waals surface area contributed by atoms with E-state index in [0.29, 0.717) is 12.3 Å². The molecule has 0 aliphatic carbocycles. The van der Waals surface area contributed by atoms with Crippen LogP contribution in [0.4, 0.5) is 0 Å². The molecule has 0 rings (SSSR count). The van der Waals surface area contributed by atoms with Crippen molar-refractivity contribution in [3.05, 3.63) is 12.2 Å². The standard InChI is InChI=1S/C13H25NO2/c1-11(2)6-8-14(10-12(3)4)9-7-13(15)16-5/h12H,1,6-10H2,2-5H3. The second-order valence-electron chi connectivity index (χ2n) is 4.73. The molecule has 0 radical (unpaired) electrons. The third-order valence-electron chi connectivity index (χ3n) is 2.34. The molecule has 0 unspecified atom stereocenters. The van der Waals surface area contributed by atoms with Crippen LogP contribution in [0.15, 0.2) is 12.2 Å². The molecule has 0 heterocycles. The lowest BCUT2D eigenvalue weighted by Crippen LogP contribution is -2.31. The van der Waals surface area contributed by atoms with Crippen molar-refractivity contribution in [1.29, 1.82) is 0 Å². The summed E-state index contributed by atoms with van der Waals surface area (Å²) in [5.41, 5.74) is 1.19. The van der Waals surface area contributed by atoms with E-state index in [9.17, 15) is 4.79 Å². The summed E-state index contributed by atoms with van der Waals surface area (Å²) in [5.74, 6) is 0.479. The maximum Gasteiger partial charge on any atom is 0.306 e. The number of ether oxygens (including phenoxy) is 1. The Balaban J connectivity index is 3.99. The third kappa shape index (κ3) is 8.48. The number of esters is 1. The molecule has 16 heavy (non-hydrogen) atoms. The number of hydrogen-bond donors (Lipinski definition) is 0. The molecule has 0 aromatic carbocycles. The van der Waals surface area contributed by atoms with Crippen molar-refractivity contribution >= 4 is 5.97 Å². The number of rotatable bonds is 8. The van der Waals surface area contributed by atoms with Crippen molar-refractivity contribution in [1.82, 2.24) is 4.90 Å². The van der Waals surface area contributed by atoms with Gasteiger partial charge >= 0.3 is 5.97 Å². The summed E-state index contributed by atoms with van der Waals surface area (Å²) >= 11 is 0. The van der Waals surface area contributed by atoms with Crippen LogP contribution < -0.4 is 0 Å². The molecule has 3 nitrogen and oxygen atoms in total. The van der Waals surface area contributed by atoms with Crippen LogP contribution in [0.2, 0.25) is 0 Å². The van der Waals surface area contributed by atoms with Crippen LogP contribution in [0.5, 0.6) is 0 Å². The van der Waals surface area contributed by atoms with Gasteiger partial charge in [0.1, 0.15) is 0 Å². The Morgan fingerprint density at radius 2 is 1.88 bits per heavy atom.